The lowest BCUT2D eigenvalue weighted by Gasteiger charge is -2.07. The highest BCUT2D eigenvalue weighted by atomic mass is 16.1. The molecule has 6 nitrogen and oxygen atoms in total. The largest absolute Gasteiger partial charge is 0.368 e. The molecule has 148 valence electrons. The standard InChI is InChI=1S/C24H21N5O/c1-2-29-14-19(22-18-6-4-3-5-16(18)9-10-21(22)29)23(30)26-12-15-7-8-17-13-27-24(25)28-20(17)11-15/h3-11,13-14H,2,12H2,1H3,(H,26,30)(H2,25,27,28). The summed E-state index contributed by atoms with van der Waals surface area (Å²) in [6.07, 6.45) is 3.64. The van der Waals surface area contributed by atoms with Crippen molar-refractivity contribution in [2.75, 3.05) is 5.73 Å². The van der Waals surface area contributed by atoms with Crippen LogP contribution in [-0.2, 0) is 13.1 Å². The summed E-state index contributed by atoms with van der Waals surface area (Å²) in [6, 6.07) is 18.2. The number of carbonyl (C=O) groups excluding carboxylic acids is 1. The minimum absolute atomic E-state index is 0.0918. The number of amides is 1. The molecule has 2 heterocycles. The van der Waals surface area contributed by atoms with E-state index in [9.17, 15) is 4.79 Å². The third kappa shape index (κ3) is 3.03. The number of nitrogen functional groups attached to an aromatic ring is 1. The Kier molecular flexibility index (Phi) is 4.32. The summed E-state index contributed by atoms with van der Waals surface area (Å²) in [5.41, 5.74) is 9.17. The van der Waals surface area contributed by atoms with Gasteiger partial charge in [-0.05, 0) is 35.4 Å². The Labute approximate surface area is 173 Å². The van der Waals surface area contributed by atoms with Gasteiger partial charge in [-0.3, -0.25) is 4.79 Å². The summed E-state index contributed by atoms with van der Waals surface area (Å²) >= 11 is 0. The van der Waals surface area contributed by atoms with Gasteiger partial charge in [0.1, 0.15) is 0 Å². The molecule has 0 spiro atoms. The molecule has 5 rings (SSSR count). The van der Waals surface area contributed by atoms with Crippen LogP contribution in [0, 0.1) is 0 Å². The third-order valence-electron chi connectivity index (χ3n) is 5.47. The van der Waals surface area contributed by atoms with Crippen LogP contribution >= 0.6 is 0 Å². The monoisotopic (exact) mass is 395 g/mol. The van der Waals surface area contributed by atoms with Gasteiger partial charge in [-0.15, -0.1) is 0 Å². The third-order valence-corrected chi connectivity index (χ3v) is 5.47. The Morgan fingerprint density at radius 3 is 2.80 bits per heavy atom. The van der Waals surface area contributed by atoms with Crippen molar-refractivity contribution in [1.29, 1.82) is 0 Å². The first-order chi connectivity index (χ1) is 14.6. The van der Waals surface area contributed by atoms with Gasteiger partial charge in [-0.1, -0.05) is 42.5 Å². The molecule has 0 atom stereocenters. The fraction of sp³-hybridized carbons (Fsp3) is 0.125. The van der Waals surface area contributed by atoms with Crippen LogP contribution in [0.25, 0.3) is 32.6 Å². The quantitative estimate of drug-likeness (QED) is 0.476. The normalized spacial score (nSPS) is 11.4. The second-order valence-corrected chi connectivity index (χ2v) is 7.31. The predicted molar refractivity (Wildman–Crippen MR) is 120 cm³/mol. The zero-order valence-corrected chi connectivity index (χ0v) is 16.6. The van der Waals surface area contributed by atoms with Gasteiger partial charge in [0.05, 0.1) is 11.1 Å². The summed E-state index contributed by atoms with van der Waals surface area (Å²) < 4.78 is 2.12. The van der Waals surface area contributed by atoms with Crippen molar-refractivity contribution in [3.05, 3.63) is 78.1 Å². The van der Waals surface area contributed by atoms with Crippen molar-refractivity contribution in [2.45, 2.75) is 20.0 Å². The smallest absolute Gasteiger partial charge is 0.253 e. The van der Waals surface area contributed by atoms with Gasteiger partial charge in [-0.25, -0.2) is 9.97 Å². The molecule has 3 aromatic carbocycles. The summed E-state index contributed by atoms with van der Waals surface area (Å²) in [7, 11) is 0. The van der Waals surface area contributed by atoms with E-state index in [4.69, 9.17) is 5.73 Å². The van der Waals surface area contributed by atoms with E-state index in [0.29, 0.717) is 12.1 Å². The second-order valence-electron chi connectivity index (χ2n) is 7.31. The first-order valence-electron chi connectivity index (χ1n) is 9.94. The molecule has 5 aromatic rings. The molecule has 0 aliphatic rings. The highest BCUT2D eigenvalue weighted by Crippen LogP contribution is 2.30. The average molecular weight is 395 g/mol. The van der Waals surface area contributed by atoms with Crippen LogP contribution in [0.3, 0.4) is 0 Å². The molecule has 0 aliphatic carbocycles. The molecule has 0 bridgehead atoms. The second kappa shape index (κ2) is 7.15. The van der Waals surface area contributed by atoms with Crippen LogP contribution in [0.15, 0.2) is 67.0 Å². The first kappa shape index (κ1) is 18.1. The number of nitrogens with two attached hydrogens (primary N) is 1. The number of nitrogens with zero attached hydrogens (tertiary/aromatic N) is 3. The summed E-state index contributed by atoms with van der Waals surface area (Å²) in [6.45, 7) is 3.29. The van der Waals surface area contributed by atoms with E-state index in [0.717, 1.165) is 44.7 Å². The first-order valence-corrected chi connectivity index (χ1v) is 9.94. The molecule has 3 N–H and O–H groups in total. The minimum atomic E-state index is -0.0918. The van der Waals surface area contributed by atoms with Crippen molar-refractivity contribution in [2.24, 2.45) is 0 Å². The van der Waals surface area contributed by atoms with Crippen molar-refractivity contribution in [1.82, 2.24) is 19.9 Å². The molecule has 2 aromatic heterocycles. The summed E-state index contributed by atoms with van der Waals surface area (Å²) in [5.74, 6) is 0.147. The Morgan fingerprint density at radius 1 is 1.10 bits per heavy atom. The van der Waals surface area contributed by atoms with Gasteiger partial charge in [0, 0.05) is 41.8 Å². The number of aryl methyl sites for hydroxylation is 1. The number of rotatable bonds is 4. The number of nitrogens with one attached hydrogen (secondary N) is 1. The molecule has 0 radical (unpaired) electrons. The molecule has 0 saturated carbocycles. The number of hydrogen-bond acceptors (Lipinski definition) is 4. The highest BCUT2D eigenvalue weighted by molar-refractivity contribution is 6.17. The molecule has 0 fully saturated rings. The van der Waals surface area contributed by atoms with E-state index in [1.165, 1.54) is 0 Å². The fourth-order valence-electron chi connectivity index (χ4n) is 3.98. The van der Waals surface area contributed by atoms with Gasteiger partial charge >= 0.3 is 0 Å². The van der Waals surface area contributed by atoms with E-state index < -0.39 is 0 Å². The van der Waals surface area contributed by atoms with Crippen molar-refractivity contribution in [3.8, 4) is 0 Å². The topological polar surface area (TPSA) is 85.8 Å². The molecule has 0 aliphatic heterocycles. The van der Waals surface area contributed by atoms with Gasteiger partial charge < -0.3 is 15.6 Å². The van der Waals surface area contributed by atoms with Crippen molar-refractivity contribution >= 4 is 44.4 Å². The van der Waals surface area contributed by atoms with E-state index in [1.54, 1.807) is 6.20 Å². The fourth-order valence-corrected chi connectivity index (χ4v) is 3.98. The number of anilines is 1. The molecule has 6 heteroatoms. The summed E-state index contributed by atoms with van der Waals surface area (Å²) in [5, 5.41) is 7.18. The van der Waals surface area contributed by atoms with E-state index in [-0.39, 0.29) is 11.9 Å². The van der Waals surface area contributed by atoms with E-state index in [2.05, 4.69) is 51.0 Å². The Balaban J connectivity index is 1.50. The zero-order valence-electron chi connectivity index (χ0n) is 16.6. The molecular weight excluding hydrogens is 374 g/mol. The molecule has 0 saturated heterocycles. The van der Waals surface area contributed by atoms with Crippen LogP contribution in [0.5, 0.6) is 0 Å². The number of hydrogen-bond donors (Lipinski definition) is 2. The van der Waals surface area contributed by atoms with Gasteiger partial charge in [0.2, 0.25) is 5.95 Å². The Morgan fingerprint density at radius 2 is 1.93 bits per heavy atom. The predicted octanol–water partition coefficient (Wildman–Crippen LogP) is 4.27. The van der Waals surface area contributed by atoms with Gasteiger partial charge in [-0.2, -0.15) is 0 Å². The lowest BCUT2D eigenvalue weighted by atomic mass is 10.0. The minimum Gasteiger partial charge on any atom is -0.368 e. The van der Waals surface area contributed by atoms with E-state index in [1.807, 2.05) is 36.5 Å². The number of benzene rings is 3. The molecular formula is C24H21N5O. The number of fused-ring (bicyclic) bond motifs is 4. The van der Waals surface area contributed by atoms with Crippen LogP contribution < -0.4 is 11.1 Å². The van der Waals surface area contributed by atoms with Crippen LogP contribution in [0.4, 0.5) is 5.95 Å². The van der Waals surface area contributed by atoms with Crippen LogP contribution in [-0.4, -0.2) is 20.4 Å². The van der Waals surface area contributed by atoms with Crippen molar-refractivity contribution < 1.29 is 4.79 Å². The maximum absolute atomic E-state index is 13.2. The highest BCUT2D eigenvalue weighted by Gasteiger charge is 2.17. The van der Waals surface area contributed by atoms with Gasteiger partial charge in [0.25, 0.3) is 5.91 Å². The SMILES string of the molecule is CCn1cc(C(=O)NCc2ccc3cnc(N)nc3c2)c2c3ccccc3ccc21. The maximum Gasteiger partial charge on any atom is 0.253 e. The molecule has 30 heavy (non-hydrogen) atoms. The van der Waals surface area contributed by atoms with Crippen LogP contribution in [0.2, 0.25) is 0 Å². The number of carbonyl (C=O) groups is 1. The number of aromatic nitrogens is 3. The molecule has 0 unspecified atom stereocenters. The van der Waals surface area contributed by atoms with Gasteiger partial charge in [0.15, 0.2) is 0 Å². The lowest BCUT2D eigenvalue weighted by molar-refractivity contribution is 0.0952. The molecule has 1 amide bonds. The Hall–Kier alpha value is -3.93. The van der Waals surface area contributed by atoms with Crippen molar-refractivity contribution in [3.63, 3.8) is 0 Å². The van der Waals surface area contributed by atoms with E-state index >= 15 is 0 Å². The lowest BCUT2D eigenvalue weighted by Crippen LogP contribution is -2.22. The Bertz CT molecular complexity index is 1420. The maximum atomic E-state index is 13.2. The average Bonchev–Trinajstić information content (AvgIpc) is 3.16. The van der Waals surface area contributed by atoms with Crippen LogP contribution in [0.1, 0.15) is 22.8 Å². The zero-order chi connectivity index (χ0) is 20.7. The summed E-state index contributed by atoms with van der Waals surface area (Å²) in [4.78, 5) is 21.4.